The van der Waals surface area contributed by atoms with Gasteiger partial charge >= 0.3 is 0 Å². The van der Waals surface area contributed by atoms with Crippen LogP contribution in [-0.2, 0) is 16.1 Å². The molecule has 2 N–H and O–H groups in total. The van der Waals surface area contributed by atoms with E-state index in [9.17, 15) is 4.79 Å². The fourth-order valence-corrected chi connectivity index (χ4v) is 3.43. The lowest BCUT2D eigenvalue weighted by Crippen LogP contribution is -2.26. The Balaban J connectivity index is 1.63. The molecule has 3 aromatic rings. The highest BCUT2D eigenvalue weighted by molar-refractivity contribution is 5.94. The average molecular weight is 354 g/mol. The number of aromatic amines is 1. The number of carbonyl (C=O) groups is 1. The van der Waals surface area contributed by atoms with Crippen molar-refractivity contribution in [1.29, 1.82) is 0 Å². The molecule has 1 aliphatic heterocycles. The molecule has 7 nitrogen and oxygen atoms in total. The summed E-state index contributed by atoms with van der Waals surface area (Å²) in [6.45, 7) is 3.55. The predicted octanol–water partition coefficient (Wildman–Crippen LogP) is 3.18. The topological polar surface area (TPSA) is 81.2 Å². The summed E-state index contributed by atoms with van der Waals surface area (Å²) in [4.78, 5) is 12.2. The lowest BCUT2D eigenvalue weighted by Gasteiger charge is -2.08. The van der Waals surface area contributed by atoms with E-state index in [0.717, 1.165) is 47.4 Å². The average Bonchev–Trinajstić information content (AvgIpc) is 3.39. The minimum Gasteiger partial charge on any atom is -0.497 e. The fourth-order valence-electron chi connectivity index (χ4n) is 3.43. The number of methoxy groups -OCH3 is 1. The van der Waals surface area contributed by atoms with Gasteiger partial charge in [-0.1, -0.05) is 0 Å². The first kappa shape index (κ1) is 16.7. The SMILES string of the molecule is CCn1c(-c2cc(NC(=O)[C@@H]3CCCO3)n[nH]2)cc2ccc(OC)cc21. The Bertz CT molecular complexity index is 938. The van der Waals surface area contributed by atoms with Gasteiger partial charge < -0.3 is 19.4 Å². The van der Waals surface area contributed by atoms with Crippen LogP contribution in [0.2, 0.25) is 0 Å². The zero-order valence-corrected chi connectivity index (χ0v) is 14.9. The lowest BCUT2D eigenvalue weighted by molar-refractivity contribution is -0.124. The third kappa shape index (κ3) is 2.94. The third-order valence-corrected chi connectivity index (χ3v) is 4.75. The first-order chi connectivity index (χ1) is 12.7. The number of fused-ring (bicyclic) bond motifs is 1. The number of benzene rings is 1. The number of nitrogens with zero attached hydrogens (tertiary/aromatic N) is 2. The number of aryl methyl sites for hydroxylation is 1. The highest BCUT2D eigenvalue weighted by atomic mass is 16.5. The van der Waals surface area contributed by atoms with Crippen molar-refractivity contribution in [2.45, 2.75) is 32.4 Å². The van der Waals surface area contributed by atoms with E-state index in [2.05, 4.69) is 33.1 Å². The Labute approximate surface area is 151 Å². The number of aromatic nitrogens is 3. The van der Waals surface area contributed by atoms with Crippen molar-refractivity contribution in [3.8, 4) is 17.1 Å². The van der Waals surface area contributed by atoms with Crippen LogP contribution in [0.5, 0.6) is 5.75 Å². The monoisotopic (exact) mass is 354 g/mol. The number of ether oxygens (including phenoxy) is 2. The zero-order chi connectivity index (χ0) is 18.1. The number of carbonyl (C=O) groups excluding carboxylic acids is 1. The molecular formula is C19H22N4O3. The van der Waals surface area contributed by atoms with E-state index in [1.165, 1.54) is 0 Å². The van der Waals surface area contributed by atoms with Crippen molar-refractivity contribution in [2.24, 2.45) is 0 Å². The maximum atomic E-state index is 12.2. The molecule has 0 saturated carbocycles. The van der Waals surface area contributed by atoms with E-state index in [1.54, 1.807) is 7.11 Å². The largest absolute Gasteiger partial charge is 0.497 e. The van der Waals surface area contributed by atoms with Crippen LogP contribution in [0.1, 0.15) is 19.8 Å². The zero-order valence-electron chi connectivity index (χ0n) is 14.9. The molecule has 0 bridgehead atoms. The maximum Gasteiger partial charge on any atom is 0.254 e. The summed E-state index contributed by atoms with van der Waals surface area (Å²) in [6.07, 6.45) is 1.31. The molecular weight excluding hydrogens is 332 g/mol. The van der Waals surface area contributed by atoms with Crippen LogP contribution in [-0.4, -0.2) is 40.5 Å². The first-order valence-corrected chi connectivity index (χ1v) is 8.85. The summed E-state index contributed by atoms with van der Waals surface area (Å²) in [5, 5.41) is 11.2. The number of anilines is 1. The summed E-state index contributed by atoms with van der Waals surface area (Å²) in [7, 11) is 1.67. The van der Waals surface area contributed by atoms with E-state index in [1.807, 2.05) is 24.3 Å². The normalized spacial score (nSPS) is 16.9. The molecule has 0 radical (unpaired) electrons. The Kier molecular flexibility index (Phi) is 4.38. The number of hydrogen-bond donors (Lipinski definition) is 2. The molecule has 1 saturated heterocycles. The Morgan fingerprint density at radius 3 is 3.04 bits per heavy atom. The first-order valence-electron chi connectivity index (χ1n) is 8.85. The van der Waals surface area contributed by atoms with Gasteiger partial charge in [0, 0.05) is 30.7 Å². The van der Waals surface area contributed by atoms with E-state index >= 15 is 0 Å². The van der Waals surface area contributed by atoms with Gasteiger partial charge in [-0.15, -0.1) is 0 Å². The quantitative estimate of drug-likeness (QED) is 0.737. The molecule has 26 heavy (non-hydrogen) atoms. The van der Waals surface area contributed by atoms with Gasteiger partial charge in [0.05, 0.1) is 24.0 Å². The van der Waals surface area contributed by atoms with Crippen molar-refractivity contribution in [1.82, 2.24) is 14.8 Å². The lowest BCUT2D eigenvalue weighted by atomic mass is 10.2. The van der Waals surface area contributed by atoms with Crippen LogP contribution >= 0.6 is 0 Å². The number of amides is 1. The molecule has 2 aromatic heterocycles. The summed E-state index contributed by atoms with van der Waals surface area (Å²) in [6, 6.07) is 9.98. The molecule has 4 rings (SSSR count). The van der Waals surface area contributed by atoms with Crippen molar-refractivity contribution in [3.63, 3.8) is 0 Å². The van der Waals surface area contributed by atoms with Crippen LogP contribution in [0, 0.1) is 0 Å². The van der Waals surface area contributed by atoms with Gasteiger partial charge in [0.25, 0.3) is 5.91 Å². The summed E-state index contributed by atoms with van der Waals surface area (Å²) in [5.41, 5.74) is 2.96. The molecule has 7 heteroatoms. The smallest absolute Gasteiger partial charge is 0.254 e. The summed E-state index contributed by atoms with van der Waals surface area (Å²) in [5.74, 6) is 1.19. The van der Waals surface area contributed by atoms with Gasteiger partial charge in [0.15, 0.2) is 5.82 Å². The highest BCUT2D eigenvalue weighted by Crippen LogP contribution is 2.30. The van der Waals surface area contributed by atoms with Crippen molar-refractivity contribution >= 4 is 22.6 Å². The molecule has 0 spiro atoms. The van der Waals surface area contributed by atoms with Crippen LogP contribution in [0.15, 0.2) is 30.3 Å². The Morgan fingerprint density at radius 2 is 2.31 bits per heavy atom. The molecule has 136 valence electrons. The van der Waals surface area contributed by atoms with E-state index in [4.69, 9.17) is 9.47 Å². The van der Waals surface area contributed by atoms with Gasteiger partial charge in [-0.05, 0) is 38.0 Å². The Hall–Kier alpha value is -2.80. The van der Waals surface area contributed by atoms with Gasteiger partial charge in [0.1, 0.15) is 11.9 Å². The highest BCUT2D eigenvalue weighted by Gasteiger charge is 2.24. The second-order valence-corrected chi connectivity index (χ2v) is 6.36. The molecule has 3 heterocycles. The van der Waals surface area contributed by atoms with Gasteiger partial charge in [0.2, 0.25) is 0 Å². The van der Waals surface area contributed by atoms with Crippen LogP contribution in [0.4, 0.5) is 5.82 Å². The molecule has 0 unspecified atom stereocenters. The third-order valence-electron chi connectivity index (χ3n) is 4.75. The standard InChI is InChI=1S/C19H22N4O3/c1-3-23-15-10-13(25-2)7-6-12(15)9-16(23)14-11-18(22-21-14)20-19(24)17-5-4-8-26-17/h6-7,9-11,17H,3-5,8H2,1-2H3,(H2,20,21,22,24)/t17-/m0/s1. The minimum absolute atomic E-state index is 0.138. The number of H-pyrrole nitrogens is 1. The second-order valence-electron chi connectivity index (χ2n) is 6.36. The number of rotatable bonds is 5. The minimum atomic E-state index is -0.371. The fraction of sp³-hybridized carbons (Fsp3) is 0.368. The van der Waals surface area contributed by atoms with E-state index < -0.39 is 0 Å². The molecule has 1 aliphatic rings. The van der Waals surface area contributed by atoms with Crippen molar-refractivity contribution in [2.75, 3.05) is 19.0 Å². The summed E-state index contributed by atoms with van der Waals surface area (Å²) < 4.78 is 12.9. The molecule has 1 amide bonds. The van der Waals surface area contributed by atoms with Gasteiger partial charge in [-0.2, -0.15) is 5.10 Å². The van der Waals surface area contributed by atoms with Crippen LogP contribution in [0.3, 0.4) is 0 Å². The predicted molar refractivity (Wildman–Crippen MR) is 99.3 cm³/mol. The van der Waals surface area contributed by atoms with Gasteiger partial charge in [-0.3, -0.25) is 9.89 Å². The van der Waals surface area contributed by atoms with E-state index in [-0.39, 0.29) is 12.0 Å². The summed E-state index contributed by atoms with van der Waals surface area (Å²) >= 11 is 0. The van der Waals surface area contributed by atoms with Crippen molar-refractivity contribution < 1.29 is 14.3 Å². The molecule has 0 aliphatic carbocycles. The van der Waals surface area contributed by atoms with Crippen LogP contribution in [0.25, 0.3) is 22.3 Å². The second kappa shape index (κ2) is 6.84. The van der Waals surface area contributed by atoms with Gasteiger partial charge in [-0.25, -0.2) is 0 Å². The number of hydrogen-bond acceptors (Lipinski definition) is 4. The molecule has 1 aromatic carbocycles. The maximum absolute atomic E-state index is 12.2. The number of nitrogens with one attached hydrogen (secondary N) is 2. The Morgan fingerprint density at radius 1 is 1.42 bits per heavy atom. The van der Waals surface area contributed by atoms with Crippen LogP contribution < -0.4 is 10.1 Å². The molecule has 1 fully saturated rings. The van der Waals surface area contributed by atoms with Crippen molar-refractivity contribution in [3.05, 3.63) is 30.3 Å². The molecule has 1 atom stereocenters. The van der Waals surface area contributed by atoms with E-state index in [0.29, 0.717) is 12.4 Å².